The van der Waals surface area contributed by atoms with Gasteiger partial charge in [0.1, 0.15) is 0 Å². The highest BCUT2D eigenvalue weighted by Gasteiger charge is 2.37. The van der Waals surface area contributed by atoms with Crippen LogP contribution in [0, 0.1) is 5.41 Å². The second-order valence-corrected chi connectivity index (χ2v) is 7.39. The summed E-state index contributed by atoms with van der Waals surface area (Å²) in [6.45, 7) is 14.8. The van der Waals surface area contributed by atoms with E-state index in [0.29, 0.717) is 11.5 Å². The van der Waals surface area contributed by atoms with Gasteiger partial charge in [0.05, 0.1) is 11.7 Å². The Morgan fingerprint density at radius 3 is 2.74 bits per heavy atom. The monoisotopic (exact) mass is 268 g/mol. The van der Waals surface area contributed by atoms with E-state index in [2.05, 4.69) is 37.9 Å². The van der Waals surface area contributed by atoms with Gasteiger partial charge in [-0.2, -0.15) is 0 Å². The van der Waals surface area contributed by atoms with Gasteiger partial charge in [0.2, 0.25) is 0 Å². The molecule has 2 heterocycles. The van der Waals surface area contributed by atoms with Crippen molar-refractivity contribution >= 4 is 0 Å². The van der Waals surface area contributed by atoms with Gasteiger partial charge >= 0.3 is 0 Å². The molecule has 2 fully saturated rings. The Labute approximate surface area is 119 Å². The molecule has 112 valence electrons. The van der Waals surface area contributed by atoms with E-state index < -0.39 is 0 Å². The zero-order valence-corrected chi connectivity index (χ0v) is 13.3. The van der Waals surface area contributed by atoms with Crippen LogP contribution in [0.15, 0.2) is 0 Å². The fourth-order valence-corrected chi connectivity index (χ4v) is 4.17. The molecule has 1 N–H and O–H groups in total. The van der Waals surface area contributed by atoms with Crippen molar-refractivity contribution in [2.75, 3.05) is 32.7 Å². The zero-order chi connectivity index (χ0) is 13.9. The van der Waals surface area contributed by atoms with Crippen LogP contribution in [-0.4, -0.2) is 49.3 Å². The molecule has 3 nitrogen and oxygen atoms in total. The van der Waals surface area contributed by atoms with Gasteiger partial charge in [-0.05, 0) is 52.0 Å². The first kappa shape index (κ1) is 15.3. The minimum absolute atomic E-state index is 0.00711. The summed E-state index contributed by atoms with van der Waals surface area (Å²) in [5.74, 6) is 0. The molecule has 3 heteroatoms. The van der Waals surface area contributed by atoms with E-state index in [0.717, 1.165) is 13.1 Å². The van der Waals surface area contributed by atoms with Crippen LogP contribution in [-0.2, 0) is 4.74 Å². The lowest BCUT2D eigenvalue weighted by atomic mass is 9.76. The molecule has 2 saturated heterocycles. The van der Waals surface area contributed by atoms with Crippen LogP contribution in [0.25, 0.3) is 0 Å². The molecule has 0 aromatic rings. The molecule has 2 aliphatic rings. The maximum absolute atomic E-state index is 6.03. The lowest BCUT2D eigenvalue weighted by molar-refractivity contribution is -0.136. The zero-order valence-electron chi connectivity index (χ0n) is 13.3. The van der Waals surface area contributed by atoms with E-state index in [4.69, 9.17) is 4.74 Å². The molecule has 0 radical (unpaired) electrons. The molecule has 0 aliphatic carbocycles. The second-order valence-electron chi connectivity index (χ2n) is 7.39. The van der Waals surface area contributed by atoms with Gasteiger partial charge in [0.25, 0.3) is 0 Å². The summed E-state index contributed by atoms with van der Waals surface area (Å²) in [6, 6.07) is 0. The molecule has 0 aromatic heterocycles. The normalized spacial score (nSPS) is 36.3. The first-order valence-electron chi connectivity index (χ1n) is 8.06. The van der Waals surface area contributed by atoms with Crippen LogP contribution in [0.2, 0.25) is 0 Å². The van der Waals surface area contributed by atoms with E-state index in [9.17, 15) is 0 Å². The Kier molecular flexibility index (Phi) is 4.91. The number of nitrogens with one attached hydrogen (secondary N) is 1. The number of ether oxygens (including phenoxy) is 1. The number of nitrogens with zero attached hydrogens (tertiary/aromatic N) is 1. The summed E-state index contributed by atoms with van der Waals surface area (Å²) in [5.41, 5.74) is 0.507. The lowest BCUT2D eigenvalue weighted by Gasteiger charge is -2.47. The molecule has 2 unspecified atom stereocenters. The average Bonchev–Trinajstić information content (AvgIpc) is 2.27. The minimum atomic E-state index is 0.00711. The van der Waals surface area contributed by atoms with Crippen molar-refractivity contribution in [1.29, 1.82) is 0 Å². The van der Waals surface area contributed by atoms with Gasteiger partial charge in [0.15, 0.2) is 0 Å². The summed E-state index contributed by atoms with van der Waals surface area (Å²) in [5, 5.41) is 3.62. The van der Waals surface area contributed by atoms with Gasteiger partial charge < -0.3 is 10.1 Å². The lowest BCUT2D eigenvalue weighted by Crippen LogP contribution is -2.56. The first-order chi connectivity index (χ1) is 8.95. The van der Waals surface area contributed by atoms with E-state index in [1.807, 2.05) is 0 Å². The molecule has 0 aromatic carbocycles. The fraction of sp³-hybridized carbons (Fsp3) is 1.00. The number of morpholine rings is 1. The van der Waals surface area contributed by atoms with Crippen LogP contribution < -0.4 is 5.32 Å². The second kappa shape index (κ2) is 6.11. The Bertz CT molecular complexity index is 279. The number of rotatable bonds is 4. The standard InChI is InChI=1S/C16H32N2O/c1-5-7-16(8-6-9-17-11-16)13-18-10-14(2)19-15(3,4)12-18/h14,17H,5-13H2,1-4H3. The van der Waals surface area contributed by atoms with E-state index in [1.165, 1.54) is 45.3 Å². The third-order valence-electron chi connectivity index (χ3n) is 4.54. The SMILES string of the molecule is CCCC1(CN2CC(C)OC(C)(C)C2)CCCNC1. The van der Waals surface area contributed by atoms with Gasteiger partial charge in [0, 0.05) is 26.2 Å². The number of hydrogen-bond acceptors (Lipinski definition) is 3. The number of hydrogen-bond donors (Lipinski definition) is 1. The summed E-state index contributed by atoms with van der Waals surface area (Å²) in [7, 11) is 0. The summed E-state index contributed by atoms with van der Waals surface area (Å²) in [6.07, 6.45) is 5.74. The predicted octanol–water partition coefficient (Wildman–Crippen LogP) is 2.66. The van der Waals surface area contributed by atoms with Gasteiger partial charge in [-0.1, -0.05) is 13.3 Å². The first-order valence-corrected chi connectivity index (χ1v) is 8.06. The molecule has 0 amide bonds. The van der Waals surface area contributed by atoms with Gasteiger partial charge in [-0.15, -0.1) is 0 Å². The highest BCUT2D eigenvalue weighted by molar-refractivity contribution is 4.91. The Morgan fingerprint density at radius 2 is 2.16 bits per heavy atom. The third-order valence-corrected chi connectivity index (χ3v) is 4.54. The molecule has 0 spiro atoms. The quantitative estimate of drug-likeness (QED) is 0.848. The predicted molar refractivity (Wildman–Crippen MR) is 80.5 cm³/mol. The Morgan fingerprint density at radius 1 is 1.37 bits per heavy atom. The highest BCUT2D eigenvalue weighted by atomic mass is 16.5. The molecule has 19 heavy (non-hydrogen) atoms. The summed E-state index contributed by atoms with van der Waals surface area (Å²) < 4.78 is 6.03. The van der Waals surface area contributed by atoms with Crippen molar-refractivity contribution in [3.63, 3.8) is 0 Å². The van der Waals surface area contributed by atoms with Crippen molar-refractivity contribution < 1.29 is 4.74 Å². The molecule has 2 atom stereocenters. The van der Waals surface area contributed by atoms with Crippen molar-refractivity contribution in [1.82, 2.24) is 10.2 Å². The van der Waals surface area contributed by atoms with E-state index >= 15 is 0 Å². The van der Waals surface area contributed by atoms with Crippen LogP contribution in [0.1, 0.15) is 53.4 Å². The van der Waals surface area contributed by atoms with Crippen molar-refractivity contribution in [2.24, 2.45) is 5.41 Å². The molecule has 2 aliphatic heterocycles. The van der Waals surface area contributed by atoms with Crippen LogP contribution in [0.4, 0.5) is 0 Å². The molecular weight excluding hydrogens is 236 g/mol. The molecular formula is C16H32N2O. The van der Waals surface area contributed by atoms with Crippen molar-refractivity contribution in [3.8, 4) is 0 Å². The van der Waals surface area contributed by atoms with Crippen LogP contribution >= 0.6 is 0 Å². The van der Waals surface area contributed by atoms with Gasteiger partial charge in [-0.25, -0.2) is 0 Å². The topological polar surface area (TPSA) is 24.5 Å². The van der Waals surface area contributed by atoms with Gasteiger partial charge in [-0.3, -0.25) is 4.90 Å². The molecule has 0 saturated carbocycles. The highest BCUT2D eigenvalue weighted by Crippen LogP contribution is 2.34. The third kappa shape index (κ3) is 4.17. The van der Waals surface area contributed by atoms with Crippen molar-refractivity contribution in [2.45, 2.75) is 65.1 Å². The molecule has 2 rings (SSSR count). The molecule has 0 bridgehead atoms. The number of piperidine rings is 1. The fourth-order valence-electron chi connectivity index (χ4n) is 4.17. The Hall–Kier alpha value is -0.120. The average molecular weight is 268 g/mol. The minimum Gasteiger partial charge on any atom is -0.370 e. The summed E-state index contributed by atoms with van der Waals surface area (Å²) in [4.78, 5) is 2.65. The summed E-state index contributed by atoms with van der Waals surface area (Å²) >= 11 is 0. The van der Waals surface area contributed by atoms with Crippen molar-refractivity contribution in [3.05, 3.63) is 0 Å². The smallest absolute Gasteiger partial charge is 0.0757 e. The largest absolute Gasteiger partial charge is 0.370 e. The maximum Gasteiger partial charge on any atom is 0.0757 e. The van der Waals surface area contributed by atoms with Crippen LogP contribution in [0.5, 0.6) is 0 Å². The Balaban J connectivity index is 2.00. The van der Waals surface area contributed by atoms with Crippen LogP contribution in [0.3, 0.4) is 0 Å². The maximum atomic E-state index is 6.03. The van der Waals surface area contributed by atoms with E-state index in [-0.39, 0.29) is 5.60 Å². The van der Waals surface area contributed by atoms with E-state index in [1.54, 1.807) is 0 Å².